The lowest BCUT2D eigenvalue weighted by Gasteiger charge is -2.43. The van der Waals surface area contributed by atoms with Crippen LogP contribution in [0.2, 0.25) is 0 Å². The second kappa shape index (κ2) is 9.40. The van der Waals surface area contributed by atoms with Gasteiger partial charge in [0.05, 0.1) is 6.54 Å². The lowest BCUT2D eigenvalue weighted by molar-refractivity contribution is -0.114. The van der Waals surface area contributed by atoms with Gasteiger partial charge in [0.15, 0.2) is 5.96 Å². The third-order valence-corrected chi connectivity index (χ3v) is 5.30. The summed E-state index contributed by atoms with van der Waals surface area (Å²) in [4.78, 5) is 16.0. The molecule has 1 amide bonds. The lowest BCUT2D eigenvalue weighted by Crippen LogP contribution is -2.48. The summed E-state index contributed by atoms with van der Waals surface area (Å²) in [6.45, 7) is 5.85. The van der Waals surface area contributed by atoms with Crippen LogP contribution in [-0.4, -0.2) is 25.0 Å². The average molecular weight is 379 g/mol. The van der Waals surface area contributed by atoms with Gasteiger partial charge in [-0.2, -0.15) is 0 Å². The monoisotopic (exact) mass is 378 g/mol. The third kappa shape index (κ3) is 5.12. The highest BCUT2D eigenvalue weighted by Crippen LogP contribution is 2.43. The maximum atomic E-state index is 11.2. The van der Waals surface area contributed by atoms with Gasteiger partial charge >= 0.3 is 0 Å². The molecule has 2 aromatic carbocycles. The summed E-state index contributed by atoms with van der Waals surface area (Å²) in [6.07, 6.45) is 3.70. The summed E-state index contributed by atoms with van der Waals surface area (Å²) in [5.41, 5.74) is 3.48. The number of amides is 1. The smallest absolute Gasteiger partial charge is 0.221 e. The number of nitrogens with zero attached hydrogens (tertiary/aromatic N) is 1. The van der Waals surface area contributed by atoms with E-state index in [0.29, 0.717) is 6.54 Å². The first-order valence-electron chi connectivity index (χ1n) is 10.1. The van der Waals surface area contributed by atoms with E-state index in [1.165, 1.54) is 31.7 Å². The van der Waals surface area contributed by atoms with Crippen LogP contribution in [0, 0.1) is 0 Å². The van der Waals surface area contributed by atoms with Crippen LogP contribution in [0.3, 0.4) is 0 Å². The molecule has 1 fully saturated rings. The molecule has 1 aliphatic rings. The van der Waals surface area contributed by atoms with E-state index in [0.717, 1.165) is 30.3 Å². The Morgan fingerprint density at radius 3 is 2.50 bits per heavy atom. The minimum absolute atomic E-state index is 0.0673. The first-order valence-corrected chi connectivity index (χ1v) is 10.1. The molecule has 1 saturated carbocycles. The fraction of sp³-hybridized carbons (Fsp3) is 0.391. The van der Waals surface area contributed by atoms with Crippen LogP contribution >= 0.6 is 0 Å². The van der Waals surface area contributed by atoms with Crippen LogP contribution in [0.5, 0.6) is 0 Å². The van der Waals surface area contributed by atoms with Crippen molar-refractivity contribution in [1.82, 2.24) is 10.6 Å². The van der Waals surface area contributed by atoms with Crippen LogP contribution in [0.1, 0.15) is 44.2 Å². The van der Waals surface area contributed by atoms with E-state index in [-0.39, 0.29) is 11.3 Å². The number of carbonyl (C=O) groups is 1. The quantitative estimate of drug-likeness (QED) is 0.507. The van der Waals surface area contributed by atoms with Gasteiger partial charge < -0.3 is 16.0 Å². The predicted molar refractivity (Wildman–Crippen MR) is 116 cm³/mol. The molecule has 5 heteroatoms. The number of carbonyl (C=O) groups excluding carboxylic acids is 1. The van der Waals surface area contributed by atoms with Crippen molar-refractivity contribution < 1.29 is 4.79 Å². The molecule has 0 saturated heterocycles. The Balaban J connectivity index is 1.65. The number of benzene rings is 2. The highest BCUT2D eigenvalue weighted by atomic mass is 16.1. The van der Waals surface area contributed by atoms with Crippen molar-refractivity contribution >= 4 is 17.6 Å². The zero-order valence-electron chi connectivity index (χ0n) is 16.8. The van der Waals surface area contributed by atoms with Gasteiger partial charge in [0.25, 0.3) is 0 Å². The van der Waals surface area contributed by atoms with Crippen molar-refractivity contribution in [2.75, 3.05) is 18.4 Å². The number of anilines is 1. The van der Waals surface area contributed by atoms with E-state index in [1.54, 1.807) is 0 Å². The first-order chi connectivity index (χ1) is 13.6. The molecule has 3 N–H and O–H groups in total. The molecule has 0 aliphatic heterocycles. The van der Waals surface area contributed by atoms with E-state index in [2.05, 4.69) is 53.2 Å². The number of hydrogen-bond donors (Lipinski definition) is 3. The number of rotatable bonds is 7. The largest absolute Gasteiger partial charge is 0.357 e. The molecule has 0 atom stereocenters. The van der Waals surface area contributed by atoms with Crippen molar-refractivity contribution in [2.45, 2.75) is 45.1 Å². The van der Waals surface area contributed by atoms with Crippen molar-refractivity contribution in [3.63, 3.8) is 0 Å². The highest BCUT2D eigenvalue weighted by molar-refractivity contribution is 5.88. The van der Waals surface area contributed by atoms with Gasteiger partial charge in [-0.1, -0.05) is 48.9 Å². The molecule has 3 rings (SSSR count). The first kappa shape index (κ1) is 19.9. The highest BCUT2D eigenvalue weighted by Gasteiger charge is 2.38. The molecule has 2 aromatic rings. The van der Waals surface area contributed by atoms with E-state index in [9.17, 15) is 4.79 Å². The van der Waals surface area contributed by atoms with Gasteiger partial charge in [0.2, 0.25) is 5.91 Å². The topological polar surface area (TPSA) is 65.5 Å². The summed E-state index contributed by atoms with van der Waals surface area (Å²) in [7, 11) is 0. The van der Waals surface area contributed by atoms with Gasteiger partial charge in [-0.3, -0.25) is 4.79 Å². The van der Waals surface area contributed by atoms with Crippen LogP contribution in [0.25, 0.3) is 0 Å². The molecular weight excluding hydrogens is 348 g/mol. The maximum Gasteiger partial charge on any atom is 0.221 e. The normalized spacial score (nSPS) is 15.4. The Bertz CT molecular complexity index is 812. The van der Waals surface area contributed by atoms with E-state index >= 15 is 0 Å². The van der Waals surface area contributed by atoms with Crippen molar-refractivity contribution in [3.8, 4) is 0 Å². The average Bonchev–Trinajstić information content (AvgIpc) is 2.66. The molecule has 0 heterocycles. The Labute approximate surface area is 167 Å². The number of aliphatic imine (C=N–C) groups is 1. The zero-order valence-corrected chi connectivity index (χ0v) is 16.8. The van der Waals surface area contributed by atoms with E-state index in [4.69, 9.17) is 4.99 Å². The van der Waals surface area contributed by atoms with Crippen LogP contribution in [0.15, 0.2) is 59.6 Å². The number of guanidine groups is 1. The van der Waals surface area contributed by atoms with Crippen LogP contribution in [-0.2, 0) is 16.8 Å². The van der Waals surface area contributed by atoms with E-state index in [1.807, 2.05) is 24.3 Å². The fourth-order valence-corrected chi connectivity index (χ4v) is 3.68. The van der Waals surface area contributed by atoms with Gasteiger partial charge in [0, 0.05) is 31.1 Å². The minimum atomic E-state index is -0.0673. The summed E-state index contributed by atoms with van der Waals surface area (Å²) < 4.78 is 0. The second-order valence-corrected chi connectivity index (χ2v) is 7.43. The molecule has 0 unspecified atom stereocenters. The lowest BCUT2D eigenvalue weighted by atomic mass is 9.64. The molecule has 5 nitrogen and oxygen atoms in total. The molecule has 148 valence electrons. The third-order valence-electron chi connectivity index (χ3n) is 5.30. The van der Waals surface area contributed by atoms with Crippen LogP contribution < -0.4 is 16.0 Å². The molecule has 1 aliphatic carbocycles. The van der Waals surface area contributed by atoms with Crippen LogP contribution in [0.4, 0.5) is 5.69 Å². The van der Waals surface area contributed by atoms with Crippen molar-refractivity contribution in [3.05, 3.63) is 65.7 Å². The maximum absolute atomic E-state index is 11.2. The molecular formula is C23H30N4O. The standard InChI is InChI=1S/C23H30N4O/c1-3-24-22(25-16-19-9-7-12-21(15-19)27-18(2)28)26-17-23(13-8-14-23)20-10-5-4-6-11-20/h4-7,9-12,15H,3,8,13-14,16-17H2,1-2H3,(H,27,28)(H2,24,25,26). The summed E-state index contributed by atoms with van der Waals surface area (Å²) in [5.74, 6) is 0.761. The Morgan fingerprint density at radius 1 is 1.07 bits per heavy atom. The predicted octanol–water partition coefficient (Wildman–Crippen LogP) is 3.82. The fourth-order valence-electron chi connectivity index (χ4n) is 3.68. The van der Waals surface area contributed by atoms with Gasteiger partial charge in [0.1, 0.15) is 0 Å². The summed E-state index contributed by atoms with van der Waals surface area (Å²) in [5, 5.41) is 9.71. The Kier molecular flexibility index (Phi) is 6.69. The Morgan fingerprint density at radius 2 is 1.86 bits per heavy atom. The van der Waals surface area contributed by atoms with Gasteiger partial charge in [-0.25, -0.2) is 4.99 Å². The number of hydrogen-bond acceptors (Lipinski definition) is 2. The molecule has 0 aromatic heterocycles. The summed E-state index contributed by atoms with van der Waals surface area (Å²) in [6, 6.07) is 18.6. The van der Waals surface area contributed by atoms with Crippen molar-refractivity contribution in [2.24, 2.45) is 4.99 Å². The molecule has 0 radical (unpaired) electrons. The molecule has 0 spiro atoms. The van der Waals surface area contributed by atoms with Gasteiger partial charge in [-0.05, 0) is 43.0 Å². The van der Waals surface area contributed by atoms with Gasteiger partial charge in [-0.15, -0.1) is 0 Å². The Hall–Kier alpha value is -2.82. The summed E-state index contributed by atoms with van der Waals surface area (Å²) >= 11 is 0. The second-order valence-electron chi connectivity index (χ2n) is 7.43. The van der Waals surface area contributed by atoms with E-state index < -0.39 is 0 Å². The zero-order chi connectivity index (χ0) is 19.8. The number of nitrogens with one attached hydrogen (secondary N) is 3. The van der Waals surface area contributed by atoms with Crippen molar-refractivity contribution in [1.29, 1.82) is 0 Å². The molecule has 0 bridgehead atoms. The minimum Gasteiger partial charge on any atom is -0.357 e. The SMILES string of the molecule is CCNC(=NCc1cccc(NC(C)=O)c1)NCC1(c2ccccc2)CCC1. The molecule has 28 heavy (non-hydrogen) atoms.